The van der Waals surface area contributed by atoms with Crippen LogP contribution in [0.5, 0.6) is 0 Å². The standard InChI is InChI=1S/C8H15N5OS2.Cu/c1-4-14-8(16)13-11-6(2)5-10-12-7(15)9-3;/h5H,4H2,1-3H3,(H,13,16)(H2,9,12,15);/q;+2/p-2/b10-5+,11-6+;. The van der Waals surface area contributed by atoms with Gasteiger partial charge in [0.1, 0.15) is 0 Å². The first kappa shape index (κ1) is 18.6. The van der Waals surface area contributed by atoms with Crippen LogP contribution in [0.3, 0.4) is 0 Å². The van der Waals surface area contributed by atoms with Crippen LogP contribution in [0.15, 0.2) is 20.4 Å². The quantitative estimate of drug-likeness (QED) is 0.267. The molecule has 6 nitrogen and oxygen atoms in total. The Hall–Kier alpha value is -0.761. The number of nitrogens with zero attached hydrogens (tertiary/aromatic N) is 4. The maximum atomic E-state index is 4.91. The summed E-state index contributed by atoms with van der Waals surface area (Å²) >= 11 is 9.50. The van der Waals surface area contributed by atoms with Crippen LogP contribution >= 0.6 is 0 Å². The second kappa shape index (κ2) is 11.7. The van der Waals surface area contributed by atoms with Crippen LogP contribution < -0.4 is 5.32 Å². The van der Waals surface area contributed by atoms with Gasteiger partial charge in [0.05, 0.1) is 23.8 Å². The summed E-state index contributed by atoms with van der Waals surface area (Å²) in [5.74, 6) is 0. The van der Waals surface area contributed by atoms with E-state index in [0.29, 0.717) is 17.5 Å². The Balaban J connectivity index is 0. The minimum Gasteiger partial charge on any atom is -0.741 e. The van der Waals surface area contributed by atoms with Crippen molar-refractivity contribution in [3.63, 3.8) is 0 Å². The number of hydrogen-bond acceptors (Lipinski definition) is 7. The van der Waals surface area contributed by atoms with Crippen molar-refractivity contribution < 1.29 is 21.8 Å². The molecule has 0 aromatic heterocycles. The van der Waals surface area contributed by atoms with Crippen molar-refractivity contribution >= 4 is 47.6 Å². The van der Waals surface area contributed by atoms with Gasteiger partial charge in [0.25, 0.3) is 0 Å². The zero-order chi connectivity index (χ0) is 12.4. The fraction of sp³-hybridized carbons (Fsp3) is 0.500. The monoisotopic (exact) mass is 322 g/mol. The Morgan fingerprint density at radius 1 is 1.29 bits per heavy atom. The van der Waals surface area contributed by atoms with Crippen molar-refractivity contribution in [2.45, 2.75) is 13.8 Å². The summed E-state index contributed by atoms with van der Waals surface area (Å²) in [5, 5.41) is 17.8. The van der Waals surface area contributed by atoms with E-state index >= 15 is 0 Å². The normalized spacial score (nSPS) is 13.5. The van der Waals surface area contributed by atoms with Crippen LogP contribution in [0.1, 0.15) is 13.8 Å². The zero-order valence-corrected chi connectivity index (χ0v) is 12.2. The van der Waals surface area contributed by atoms with Crippen LogP contribution in [-0.4, -0.2) is 36.0 Å². The van der Waals surface area contributed by atoms with Gasteiger partial charge in [-0.3, -0.25) is 0 Å². The Kier molecular flexibility index (Phi) is 12.8. The molecule has 0 aliphatic carbocycles. The Morgan fingerprint density at radius 2 is 1.94 bits per heavy atom. The van der Waals surface area contributed by atoms with Gasteiger partial charge < -0.3 is 35.3 Å². The van der Waals surface area contributed by atoms with Gasteiger partial charge in [0.2, 0.25) is 0 Å². The molecule has 0 fully saturated rings. The molecular weight excluding hydrogens is 310 g/mol. The third-order valence-corrected chi connectivity index (χ3v) is 1.65. The molecule has 1 radical (unpaired) electrons. The van der Waals surface area contributed by atoms with Crippen LogP contribution in [0.2, 0.25) is 0 Å². The Bertz CT molecular complexity index is 330. The molecule has 0 aliphatic rings. The molecule has 0 heterocycles. The molecule has 0 rings (SSSR count). The van der Waals surface area contributed by atoms with Crippen LogP contribution in [0.4, 0.5) is 0 Å². The number of nitrogens with one attached hydrogen (secondary N) is 1. The zero-order valence-electron chi connectivity index (χ0n) is 9.60. The third-order valence-electron chi connectivity index (χ3n) is 1.16. The fourth-order valence-corrected chi connectivity index (χ4v) is 0.719. The van der Waals surface area contributed by atoms with Crippen molar-refractivity contribution in [3.8, 4) is 0 Å². The second-order valence-electron chi connectivity index (χ2n) is 2.44. The smallest absolute Gasteiger partial charge is 0.741 e. The number of hydrogen-bond donors (Lipinski definition) is 1. The Labute approximate surface area is 122 Å². The molecule has 0 aromatic carbocycles. The topological polar surface area (TPSA) is 70.7 Å². The van der Waals surface area contributed by atoms with E-state index in [0.717, 1.165) is 0 Å². The van der Waals surface area contributed by atoms with E-state index in [1.807, 2.05) is 6.92 Å². The van der Waals surface area contributed by atoms with Crippen molar-refractivity contribution in [1.82, 2.24) is 5.32 Å². The first-order chi connectivity index (χ1) is 7.60. The van der Waals surface area contributed by atoms with Crippen LogP contribution in [0.25, 0.3) is 0 Å². The average molecular weight is 323 g/mol. The van der Waals surface area contributed by atoms with Gasteiger partial charge in [0.15, 0.2) is 0 Å². The summed E-state index contributed by atoms with van der Waals surface area (Å²) in [7, 11) is 1.66. The van der Waals surface area contributed by atoms with Crippen molar-refractivity contribution in [2.75, 3.05) is 13.7 Å². The van der Waals surface area contributed by atoms with Gasteiger partial charge in [-0.1, -0.05) is 0 Å². The SMILES string of the molecule is CCO/C([S-])=N/N=C(C)/C=N/N=C(\[S-])NC.[Cu+2]. The van der Waals surface area contributed by atoms with Gasteiger partial charge >= 0.3 is 17.1 Å². The molecule has 99 valence electrons. The van der Waals surface area contributed by atoms with E-state index in [9.17, 15) is 0 Å². The number of amidine groups is 1. The molecule has 0 amide bonds. The summed E-state index contributed by atoms with van der Waals surface area (Å²) in [6, 6.07) is 0. The fourth-order valence-electron chi connectivity index (χ4n) is 0.513. The predicted molar refractivity (Wildman–Crippen MR) is 71.9 cm³/mol. The van der Waals surface area contributed by atoms with Crippen molar-refractivity contribution in [3.05, 3.63) is 0 Å². The molecule has 0 saturated heterocycles. The van der Waals surface area contributed by atoms with E-state index in [2.05, 4.69) is 25.7 Å². The van der Waals surface area contributed by atoms with E-state index in [-0.39, 0.29) is 22.3 Å². The molecular formula is C8H13CuN5OS2. The molecule has 0 bridgehead atoms. The predicted octanol–water partition coefficient (Wildman–Crippen LogP) is 0.407. The van der Waals surface area contributed by atoms with E-state index < -0.39 is 0 Å². The molecule has 0 aromatic rings. The molecule has 0 aliphatic heterocycles. The third kappa shape index (κ3) is 11.5. The summed E-state index contributed by atoms with van der Waals surface area (Å²) in [6.07, 6.45) is 1.42. The largest absolute Gasteiger partial charge is 2.00 e. The number of ether oxygens (including phenoxy) is 1. The van der Waals surface area contributed by atoms with Crippen molar-refractivity contribution in [1.29, 1.82) is 0 Å². The second-order valence-corrected chi connectivity index (χ2v) is 3.18. The minimum absolute atomic E-state index is 0. The van der Waals surface area contributed by atoms with Gasteiger partial charge in [-0.25, -0.2) is 0 Å². The summed E-state index contributed by atoms with van der Waals surface area (Å²) in [6.45, 7) is 3.99. The molecule has 0 atom stereocenters. The number of rotatable bonds is 4. The van der Waals surface area contributed by atoms with Crippen molar-refractivity contribution in [2.24, 2.45) is 20.4 Å². The molecule has 0 unspecified atom stereocenters. The molecule has 17 heavy (non-hydrogen) atoms. The molecule has 9 heteroatoms. The first-order valence-corrected chi connectivity index (χ1v) is 5.29. The summed E-state index contributed by atoms with van der Waals surface area (Å²) in [5.41, 5.74) is 0.546. The van der Waals surface area contributed by atoms with E-state index in [1.165, 1.54) is 6.21 Å². The van der Waals surface area contributed by atoms with Gasteiger partial charge in [0, 0.05) is 7.05 Å². The summed E-state index contributed by atoms with van der Waals surface area (Å²) < 4.78 is 4.91. The molecule has 1 N–H and O–H groups in total. The van der Waals surface area contributed by atoms with Crippen LogP contribution in [0, 0.1) is 0 Å². The maximum Gasteiger partial charge on any atom is 2.00 e. The summed E-state index contributed by atoms with van der Waals surface area (Å²) in [4.78, 5) is 0. The van der Waals surface area contributed by atoms with Gasteiger partial charge in [-0.15, -0.1) is 5.10 Å². The maximum absolute atomic E-state index is 4.91. The van der Waals surface area contributed by atoms with Gasteiger partial charge in [-0.2, -0.15) is 15.3 Å². The first-order valence-electron chi connectivity index (χ1n) is 4.48. The van der Waals surface area contributed by atoms with E-state index in [4.69, 9.17) is 30.0 Å². The Morgan fingerprint density at radius 3 is 2.47 bits per heavy atom. The van der Waals surface area contributed by atoms with E-state index in [1.54, 1.807) is 14.0 Å². The molecule has 0 saturated carbocycles. The minimum atomic E-state index is 0. The molecule has 0 spiro atoms. The average Bonchev–Trinajstić information content (AvgIpc) is 2.26. The van der Waals surface area contributed by atoms with Crippen LogP contribution in [-0.2, 0) is 47.1 Å². The van der Waals surface area contributed by atoms with Gasteiger partial charge in [-0.05, 0) is 19.0 Å².